The summed E-state index contributed by atoms with van der Waals surface area (Å²) < 4.78 is 12.5. The molecule has 0 aliphatic carbocycles. The lowest BCUT2D eigenvalue weighted by Gasteiger charge is -2.33. The molecule has 6 nitrogen and oxygen atoms in total. The number of morpholine rings is 1. The smallest absolute Gasteiger partial charge is 0.343 e. The first-order valence-corrected chi connectivity index (χ1v) is 9.14. The van der Waals surface area contributed by atoms with Crippen LogP contribution >= 0.6 is 0 Å². The molecule has 1 aliphatic heterocycles. The Bertz CT molecular complexity index is 853. The Kier molecular flexibility index (Phi) is 5.74. The number of nitrogens with zero attached hydrogens (tertiary/aromatic N) is 2. The van der Waals surface area contributed by atoms with Crippen LogP contribution in [0.5, 0.6) is 0 Å². The van der Waals surface area contributed by atoms with Crippen LogP contribution in [0.15, 0.2) is 29.2 Å². The number of hydrogen-bond acceptors (Lipinski definition) is 5. The fourth-order valence-corrected chi connectivity index (χ4v) is 3.43. The minimum absolute atomic E-state index is 0.0964. The molecule has 140 valence electrons. The fourth-order valence-electron chi connectivity index (χ4n) is 3.43. The predicted molar refractivity (Wildman–Crippen MR) is 101 cm³/mol. The molecule has 1 aromatic carbocycles. The summed E-state index contributed by atoms with van der Waals surface area (Å²) in [5.74, 6) is -0.561. The van der Waals surface area contributed by atoms with Crippen LogP contribution in [0.4, 0.5) is 0 Å². The van der Waals surface area contributed by atoms with E-state index in [4.69, 9.17) is 9.47 Å². The topological polar surface area (TPSA) is 60.8 Å². The van der Waals surface area contributed by atoms with Crippen LogP contribution in [0.25, 0.3) is 10.9 Å². The molecule has 26 heavy (non-hydrogen) atoms. The van der Waals surface area contributed by atoms with Crippen molar-refractivity contribution in [2.75, 3.05) is 32.9 Å². The Hall–Kier alpha value is -2.18. The predicted octanol–water partition coefficient (Wildman–Crippen LogP) is 2.21. The van der Waals surface area contributed by atoms with Gasteiger partial charge in [0.05, 0.1) is 25.3 Å². The summed E-state index contributed by atoms with van der Waals surface area (Å²) in [4.78, 5) is 27.4. The minimum Gasteiger partial charge on any atom is -0.462 e. The summed E-state index contributed by atoms with van der Waals surface area (Å²) in [5, 5.41) is 0.560. The van der Waals surface area contributed by atoms with Gasteiger partial charge in [-0.15, -0.1) is 0 Å². The second kappa shape index (κ2) is 8.01. The third-order valence-corrected chi connectivity index (χ3v) is 4.86. The van der Waals surface area contributed by atoms with Crippen LogP contribution in [-0.2, 0) is 16.0 Å². The van der Waals surface area contributed by atoms with Gasteiger partial charge < -0.3 is 14.0 Å². The van der Waals surface area contributed by atoms with Gasteiger partial charge in [-0.3, -0.25) is 9.69 Å². The number of esters is 1. The Morgan fingerprint density at radius 3 is 2.73 bits per heavy atom. The summed E-state index contributed by atoms with van der Waals surface area (Å²) >= 11 is 0. The van der Waals surface area contributed by atoms with E-state index in [1.807, 2.05) is 29.7 Å². The minimum atomic E-state index is -0.561. The molecule has 0 saturated carbocycles. The Morgan fingerprint density at radius 1 is 1.31 bits per heavy atom. The van der Waals surface area contributed by atoms with E-state index >= 15 is 0 Å². The maximum atomic E-state index is 12.8. The Balaban J connectivity index is 2.03. The Morgan fingerprint density at radius 2 is 2.04 bits per heavy atom. The molecule has 3 rings (SSSR count). The zero-order chi connectivity index (χ0) is 18.7. The summed E-state index contributed by atoms with van der Waals surface area (Å²) in [6, 6.07) is 6.05. The van der Waals surface area contributed by atoms with Gasteiger partial charge in [-0.2, -0.15) is 0 Å². The zero-order valence-corrected chi connectivity index (χ0v) is 15.7. The summed E-state index contributed by atoms with van der Waals surface area (Å²) in [6.07, 6.45) is 1.65. The van der Waals surface area contributed by atoms with E-state index in [2.05, 4.69) is 11.8 Å². The normalized spacial score (nSPS) is 16.6. The van der Waals surface area contributed by atoms with E-state index in [1.54, 1.807) is 13.1 Å². The maximum Gasteiger partial charge on any atom is 0.343 e. The maximum absolute atomic E-state index is 12.8. The van der Waals surface area contributed by atoms with Crippen molar-refractivity contribution in [3.63, 3.8) is 0 Å². The van der Waals surface area contributed by atoms with Crippen molar-refractivity contribution in [1.82, 2.24) is 9.47 Å². The van der Waals surface area contributed by atoms with Gasteiger partial charge in [-0.1, -0.05) is 11.6 Å². The van der Waals surface area contributed by atoms with E-state index < -0.39 is 5.97 Å². The molecule has 1 aromatic heterocycles. The molecule has 2 aromatic rings. The van der Waals surface area contributed by atoms with Crippen molar-refractivity contribution in [1.29, 1.82) is 0 Å². The highest BCUT2D eigenvalue weighted by atomic mass is 16.5. The third-order valence-electron chi connectivity index (χ3n) is 4.86. The first-order valence-electron chi connectivity index (χ1n) is 9.14. The van der Waals surface area contributed by atoms with Crippen LogP contribution < -0.4 is 5.43 Å². The molecule has 0 spiro atoms. The summed E-state index contributed by atoms with van der Waals surface area (Å²) in [7, 11) is 0. The van der Waals surface area contributed by atoms with Crippen LogP contribution in [0, 0.1) is 6.92 Å². The quantitative estimate of drug-likeness (QED) is 0.767. The van der Waals surface area contributed by atoms with Gasteiger partial charge in [0, 0.05) is 37.3 Å². The standard InChI is InChI=1S/C20H26N2O4/c1-4-26-20(24)17-13-22(12-15(3)21-7-9-25-10-8-21)18-6-5-14(2)11-16(18)19(17)23/h5-6,11,13,15H,4,7-10,12H2,1-3H3. The average Bonchev–Trinajstić information content (AvgIpc) is 2.64. The molecular weight excluding hydrogens is 332 g/mol. The van der Waals surface area contributed by atoms with E-state index in [9.17, 15) is 9.59 Å². The van der Waals surface area contributed by atoms with Gasteiger partial charge in [-0.05, 0) is 32.9 Å². The second-order valence-corrected chi connectivity index (χ2v) is 6.76. The monoisotopic (exact) mass is 358 g/mol. The molecule has 1 atom stereocenters. The second-order valence-electron chi connectivity index (χ2n) is 6.76. The molecule has 1 aliphatic rings. The number of pyridine rings is 1. The van der Waals surface area contributed by atoms with Crippen molar-refractivity contribution in [2.45, 2.75) is 33.4 Å². The van der Waals surface area contributed by atoms with Crippen molar-refractivity contribution in [3.05, 3.63) is 45.7 Å². The summed E-state index contributed by atoms with van der Waals surface area (Å²) in [6.45, 7) is 10.0. The number of aromatic nitrogens is 1. The molecule has 1 fully saturated rings. The van der Waals surface area contributed by atoms with Crippen LogP contribution in [-0.4, -0.2) is 54.4 Å². The largest absolute Gasteiger partial charge is 0.462 e. The molecule has 1 saturated heterocycles. The average molecular weight is 358 g/mol. The van der Waals surface area contributed by atoms with Crippen molar-refractivity contribution in [2.24, 2.45) is 0 Å². The van der Waals surface area contributed by atoms with Gasteiger partial charge >= 0.3 is 5.97 Å². The van der Waals surface area contributed by atoms with E-state index in [1.165, 1.54) is 0 Å². The van der Waals surface area contributed by atoms with Gasteiger partial charge in [0.2, 0.25) is 5.43 Å². The van der Waals surface area contributed by atoms with Crippen molar-refractivity contribution in [3.8, 4) is 0 Å². The number of rotatable bonds is 5. The van der Waals surface area contributed by atoms with Crippen LogP contribution in [0.1, 0.15) is 29.8 Å². The molecule has 6 heteroatoms. The van der Waals surface area contributed by atoms with E-state index in [-0.39, 0.29) is 23.6 Å². The lowest BCUT2D eigenvalue weighted by Crippen LogP contribution is -2.44. The first kappa shape index (κ1) is 18.6. The number of fused-ring (bicyclic) bond motifs is 1. The summed E-state index contributed by atoms with van der Waals surface area (Å²) in [5.41, 5.74) is 1.66. The van der Waals surface area contributed by atoms with Gasteiger partial charge in [0.1, 0.15) is 5.56 Å². The number of ether oxygens (including phenoxy) is 2. The molecule has 1 unspecified atom stereocenters. The number of hydrogen-bond donors (Lipinski definition) is 0. The van der Waals surface area contributed by atoms with Crippen LogP contribution in [0.2, 0.25) is 0 Å². The fraction of sp³-hybridized carbons (Fsp3) is 0.500. The number of carbonyl (C=O) groups excluding carboxylic acids is 1. The lowest BCUT2D eigenvalue weighted by molar-refractivity contribution is 0.0171. The Labute approximate surface area is 153 Å². The van der Waals surface area contributed by atoms with E-state index in [0.717, 1.165) is 37.4 Å². The van der Waals surface area contributed by atoms with E-state index in [0.29, 0.717) is 11.9 Å². The molecule has 2 heterocycles. The highest BCUT2D eigenvalue weighted by Crippen LogP contribution is 2.17. The third kappa shape index (κ3) is 3.81. The number of benzene rings is 1. The van der Waals surface area contributed by atoms with Gasteiger partial charge in [-0.25, -0.2) is 4.79 Å². The molecular formula is C20H26N2O4. The molecule has 0 bridgehead atoms. The van der Waals surface area contributed by atoms with Gasteiger partial charge in [0.15, 0.2) is 0 Å². The highest BCUT2D eigenvalue weighted by molar-refractivity contribution is 5.93. The first-order chi connectivity index (χ1) is 12.5. The molecule has 0 radical (unpaired) electrons. The van der Waals surface area contributed by atoms with Gasteiger partial charge in [0.25, 0.3) is 0 Å². The number of aryl methyl sites for hydroxylation is 1. The molecule has 0 N–H and O–H groups in total. The number of carbonyl (C=O) groups is 1. The van der Waals surface area contributed by atoms with Crippen molar-refractivity contribution >= 4 is 16.9 Å². The van der Waals surface area contributed by atoms with Crippen LogP contribution in [0.3, 0.4) is 0 Å². The van der Waals surface area contributed by atoms with Crippen molar-refractivity contribution < 1.29 is 14.3 Å². The highest BCUT2D eigenvalue weighted by Gasteiger charge is 2.21. The molecule has 0 amide bonds. The zero-order valence-electron chi connectivity index (χ0n) is 15.7. The lowest BCUT2D eigenvalue weighted by atomic mass is 10.1. The SMILES string of the molecule is CCOC(=O)c1cn(CC(C)N2CCOCC2)c2ccc(C)cc2c1=O.